The normalized spacial score (nSPS) is 21.6. The van der Waals surface area contributed by atoms with Crippen molar-refractivity contribution in [3.05, 3.63) is 30.3 Å². The van der Waals surface area contributed by atoms with Crippen LogP contribution >= 0.6 is 11.8 Å². The predicted molar refractivity (Wildman–Crippen MR) is 91.8 cm³/mol. The van der Waals surface area contributed by atoms with Crippen LogP contribution in [-0.2, 0) is 14.8 Å². The Kier molecular flexibility index (Phi) is 6.32. The van der Waals surface area contributed by atoms with E-state index >= 15 is 0 Å². The van der Waals surface area contributed by atoms with E-state index in [9.17, 15) is 8.42 Å². The summed E-state index contributed by atoms with van der Waals surface area (Å²) in [6, 6.07) is 10.2. The minimum Gasteiger partial charge on any atom is -0.375 e. The molecular weight excluding hydrogens is 318 g/mol. The first kappa shape index (κ1) is 17.8. The number of hydrogen-bond acceptors (Lipinski definition) is 4. The Hall–Kier alpha value is -0.560. The van der Waals surface area contributed by atoms with E-state index < -0.39 is 10.0 Å². The second-order valence-corrected chi connectivity index (χ2v) is 9.39. The Morgan fingerprint density at radius 3 is 2.73 bits per heavy atom. The Labute approximate surface area is 138 Å². The van der Waals surface area contributed by atoms with Gasteiger partial charge in [0.05, 0.1) is 10.9 Å². The largest absolute Gasteiger partial charge is 0.375 e. The van der Waals surface area contributed by atoms with Gasteiger partial charge in [-0.25, -0.2) is 13.1 Å². The molecule has 0 radical (unpaired) electrons. The van der Waals surface area contributed by atoms with Crippen molar-refractivity contribution in [2.24, 2.45) is 0 Å². The van der Waals surface area contributed by atoms with E-state index in [4.69, 9.17) is 4.74 Å². The summed E-state index contributed by atoms with van der Waals surface area (Å²) in [6.45, 7) is 4.92. The maximum Gasteiger partial charge on any atom is 0.214 e. The van der Waals surface area contributed by atoms with Crippen LogP contribution in [0.2, 0.25) is 0 Å². The molecule has 0 spiro atoms. The van der Waals surface area contributed by atoms with Gasteiger partial charge in [0.2, 0.25) is 10.0 Å². The van der Waals surface area contributed by atoms with E-state index in [1.807, 2.05) is 32.0 Å². The fourth-order valence-electron chi connectivity index (χ4n) is 2.55. The number of nitrogens with one attached hydrogen (secondary N) is 1. The monoisotopic (exact) mass is 343 g/mol. The first-order valence-electron chi connectivity index (χ1n) is 7.69. The van der Waals surface area contributed by atoms with Crippen LogP contribution in [0.15, 0.2) is 35.2 Å². The van der Waals surface area contributed by atoms with Crippen molar-refractivity contribution in [2.75, 3.05) is 18.9 Å². The number of benzene rings is 1. The van der Waals surface area contributed by atoms with Crippen LogP contribution < -0.4 is 4.72 Å². The first-order valence-corrected chi connectivity index (χ1v) is 10.2. The van der Waals surface area contributed by atoms with Crippen LogP contribution in [0.25, 0.3) is 0 Å². The summed E-state index contributed by atoms with van der Waals surface area (Å²) in [4.78, 5) is 1.22. The highest BCUT2D eigenvalue weighted by atomic mass is 32.2. The Bertz CT molecular complexity index is 558. The average molecular weight is 344 g/mol. The van der Waals surface area contributed by atoms with Gasteiger partial charge < -0.3 is 4.74 Å². The van der Waals surface area contributed by atoms with Gasteiger partial charge in [-0.15, -0.1) is 11.8 Å². The standard InChI is InChI=1S/C16H25NO3S2/c1-16(2)13-15(9-11-20-16)22(18,19)17-10-6-12-21-14-7-4-3-5-8-14/h3-5,7-8,15,17H,6,9-13H2,1-2H3. The van der Waals surface area contributed by atoms with E-state index in [2.05, 4.69) is 16.9 Å². The number of thioether (sulfide) groups is 1. The zero-order valence-electron chi connectivity index (χ0n) is 13.2. The van der Waals surface area contributed by atoms with Gasteiger partial charge in [-0.1, -0.05) is 18.2 Å². The Morgan fingerprint density at radius 2 is 2.05 bits per heavy atom. The van der Waals surface area contributed by atoms with Gasteiger partial charge in [0.25, 0.3) is 0 Å². The molecule has 0 aromatic heterocycles. The van der Waals surface area contributed by atoms with E-state index in [0.717, 1.165) is 12.2 Å². The molecular formula is C16H25NO3S2. The maximum atomic E-state index is 12.3. The quantitative estimate of drug-likeness (QED) is 0.611. The van der Waals surface area contributed by atoms with Gasteiger partial charge in [-0.3, -0.25) is 0 Å². The molecule has 0 bridgehead atoms. The minimum absolute atomic E-state index is 0.335. The number of sulfonamides is 1. The third kappa shape index (κ3) is 5.57. The van der Waals surface area contributed by atoms with Crippen molar-refractivity contribution < 1.29 is 13.2 Å². The predicted octanol–water partition coefficient (Wildman–Crippen LogP) is 3.05. The lowest BCUT2D eigenvalue weighted by molar-refractivity contribution is -0.0496. The van der Waals surface area contributed by atoms with Gasteiger partial charge in [0.15, 0.2) is 0 Å². The molecule has 1 heterocycles. The number of hydrogen-bond donors (Lipinski definition) is 1. The summed E-state index contributed by atoms with van der Waals surface area (Å²) in [5.41, 5.74) is -0.346. The molecule has 1 aromatic rings. The summed E-state index contributed by atoms with van der Waals surface area (Å²) in [7, 11) is -3.24. The fourth-order valence-corrected chi connectivity index (χ4v) is 5.12. The molecule has 1 N–H and O–H groups in total. The van der Waals surface area contributed by atoms with Crippen LogP contribution in [0.3, 0.4) is 0 Å². The SMILES string of the molecule is CC1(C)CC(S(=O)(=O)NCCCSc2ccccc2)CCO1. The average Bonchev–Trinajstić information content (AvgIpc) is 2.47. The molecule has 4 nitrogen and oxygen atoms in total. The smallest absolute Gasteiger partial charge is 0.214 e. The van der Waals surface area contributed by atoms with Crippen molar-refractivity contribution in [1.29, 1.82) is 0 Å². The molecule has 1 aromatic carbocycles. The molecule has 22 heavy (non-hydrogen) atoms. The fraction of sp³-hybridized carbons (Fsp3) is 0.625. The molecule has 1 unspecified atom stereocenters. The molecule has 1 aliphatic heterocycles. The molecule has 1 fully saturated rings. The topological polar surface area (TPSA) is 55.4 Å². The van der Waals surface area contributed by atoms with Gasteiger partial charge in [0.1, 0.15) is 0 Å². The van der Waals surface area contributed by atoms with Crippen LogP contribution in [0, 0.1) is 0 Å². The summed E-state index contributed by atoms with van der Waals surface area (Å²) in [5.74, 6) is 0.909. The van der Waals surface area contributed by atoms with Gasteiger partial charge in [-0.2, -0.15) is 0 Å². The van der Waals surface area contributed by atoms with Crippen molar-refractivity contribution in [2.45, 2.75) is 48.9 Å². The lowest BCUT2D eigenvalue weighted by atomic mass is 9.98. The van der Waals surface area contributed by atoms with E-state index in [1.54, 1.807) is 11.8 Å². The lowest BCUT2D eigenvalue weighted by Crippen LogP contribution is -2.44. The van der Waals surface area contributed by atoms with Crippen LogP contribution in [-0.4, -0.2) is 38.2 Å². The third-order valence-electron chi connectivity index (χ3n) is 3.73. The highest BCUT2D eigenvalue weighted by Gasteiger charge is 2.36. The zero-order chi connectivity index (χ0) is 16.1. The van der Waals surface area contributed by atoms with Crippen LogP contribution in [0.1, 0.15) is 33.1 Å². The summed E-state index contributed by atoms with van der Waals surface area (Å²) < 4.78 is 33.0. The molecule has 1 atom stereocenters. The van der Waals surface area contributed by atoms with E-state index in [0.29, 0.717) is 26.0 Å². The van der Waals surface area contributed by atoms with Crippen LogP contribution in [0.5, 0.6) is 0 Å². The van der Waals surface area contributed by atoms with Gasteiger partial charge in [-0.05, 0) is 51.0 Å². The number of rotatable bonds is 7. The van der Waals surface area contributed by atoms with E-state index in [-0.39, 0.29) is 10.9 Å². The summed E-state index contributed by atoms with van der Waals surface area (Å²) in [6.07, 6.45) is 1.96. The molecule has 6 heteroatoms. The van der Waals surface area contributed by atoms with Crippen molar-refractivity contribution in [3.8, 4) is 0 Å². The molecule has 0 saturated carbocycles. The number of ether oxygens (including phenoxy) is 1. The van der Waals surface area contributed by atoms with Crippen molar-refractivity contribution in [3.63, 3.8) is 0 Å². The second-order valence-electron chi connectivity index (χ2n) is 6.18. The molecule has 1 aliphatic rings. The molecule has 124 valence electrons. The van der Waals surface area contributed by atoms with Gasteiger partial charge >= 0.3 is 0 Å². The first-order chi connectivity index (χ1) is 10.4. The molecule has 0 amide bonds. The highest BCUT2D eigenvalue weighted by molar-refractivity contribution is 7.99. The zero-order valence-corrected chi connectivity index (χ0v) is 14.9. The third-order valence-corrected chi connectivity index (χ3v) is 6.71. The van der Waals surface area contributed by atoms with Crippen molar-refractivity contribution in [1.82, 2.24) is 4.72 Å². The Morgan fingerprint density at radius 1 is 1.32 bits per heavy atom. The minimum atomic E-state index is -3.24. The highest BCUT2D eigenvalue weighted by Crippen LogP contribution is 2.27. The van der Waals surface area contributed by atoms with Gasteiger partial charge in [0, 0.05) is 18.0 Å². The van der Waals surface area contributed by atoms with Crippen LogP contribution in [0.4, 0.5) is 0 Å². The molecule has 2 rings (SSSR count). The van der Waals surface area contributed by atoms with Crippen molar-refractivity contribution >= 4 is 21.8 Å². The summed E-state index contributed by atoms with van der Waals surface area (Å²) in [5, 5.41) is -0.335. The van der Waals surface area contributed by atoms with E-state index in [1.165, 1.54) is 4.90 Å². The lowest BCUT2D eigenvalue weighted by Gasteiger charge is -2.35. The summed E-state index contributed by atoms with van der Waals surface area (Å²) >= 11 is 1.75. The molecule has 0 aliphatic carbocycles. The second kappa shape index (κ2) is 7.81. The Balaban J connectivity index is 1.71. The molecule has 1 saturated heterocycles. The maximum absolute atomic E-state index is 12.3.